The maximum atomic E-state index is 13.3. The first-order valence-corrected chi connectivity index (χ1v) is 8.23. The van der Waals surface area contributed by atoms with Gasteiger partial charge in [0.25, 0.3) is 5.91 Å². The second kappa shape index (κ2) is 7.74. The zero-order chi connectivity index (χ0) is 18.5. The fourth-order valence-electron chi connectivity index (χ4n) is 2.79. The molecule has 6 nitrogen and oxygen atoms in total. The molecular formula is C20H19N3O3. The topological polar surface area (TPSA) is 72.4 Å². The molecule has 1 amide bonds. The molecule has 0 fully saturated rings. The molecule has 6 heteroatoms. The molecule has 0 aliphatic heterocycles. The molecule has 1 atom stereocenters. The van der Waals surface area contributed by atoms with E-state index in [-0.39, 0.29) is 5.91 Å². The standard InChI is InChI=1S/C20H19N3O3/c1-14(20(25)26-2)23(13-15-6-4-3-5-7-15)19(24)16-8-11-22-18-9-10-21-12-17(16)18/h3-12,14H,13H2,1-2H3/t14-/m1/s1. The fourth-order valence-corrected chi connectivity index (χ4v) is 2.79. The fraction of sp³-hybridized carbons (Fsp3) is 0.200. The van der Waals surface area contributed by atoms with Gasteiger partial charge in [-0.2, -0.15) is 0 Å². The number of pyridine rings is 2. The van der Waals surface area contributed by atoms with Crippen LogP contribution in [0, 0.1) is 0 Å². The maximum absolute atomic E-state index is 13.3. The van der Waals surface area contributed by atoms with Gasteiger partial charge in [-0.15, -0.1) is 0 Å². The van der Waals surface area contributed by atoms with E-state index in [0.29, 0.717) is 23.0 Å². The van der Waals surface area contributed by atoms with Crippen LogP contribution < -0.4 is 0 Å². The van der Waals surface area contributed by atoms with E-state index in [1.807, 2.05) is 30.3 Å². The van der Waals surface area contributed by atoms with E-state index < -0.39 is 12.0 Å². The smallest absolute Gasteiger partial charge is 0.328 e. The molecule has 3 rings (SSSR count). The predicted octanol–water partition coefficient (Wildman–Crippen LogP) is 2.83. The van der Waals surface area contributed by atoms with Crippen molar-refractivity contribution in [3.8, 4) is 0 Å². The number of esters is 1. The van der Waals surface area contributed by atoms with Gasteiger partial charge in [-0.05, 0) is 24.6 Å². The molecule has 0 aliphatic rings. The highest BCUT2D eigenvalue weighted by Crippen LogP contribution is 2.20. The first-order valence-electron chi connectivity index (χ1n) is 8.23. The number of hydrogen-bond donors (Lipinski definition) is 0. The highest BCUT2D eigenvalue weighted by molar-refractivity contribution is 6.06. The van der Waals surface area contributed by atoms with Gasteiger partial charge in [0.05, 0.1) is 18.2 Å². The Morgan fingerprint density at radius 2 is 1.88 bits per heavy atom. The lowest BCUT2D eigenvalue weighted by Gasteiger charge is -2.28. The molecule has 0 saturated carbocycles. The van der Waals surface area contributed by atoms with Crippen LogP contribution in [0.1, 0.15) is 22.8 Å². The number of rotatable bonds is 5. The number of aromatic nitrogens is 2. The number of methoxy groups -OCH3 is 1. The van der Waals surface area contributed by atoms with Crippen molar-refractivity contribution < 1.29 is 14.3 Å². The number of ether oxygens (including phenoxy) is 1. The Hall–Kier alpha value is -3.28. The van der Waals surface area contributed by atoms with Crippen LogP contribution in [-0.4, -0.2) is 39.9 Å². The molecular weight excluding hydrogens is 330 g/mol. The Kier molecular flexibility index (Phi) is 5.22. The summed E-state index contributed by atoms with van der Waals surface area (Å²) in [5.74, 6) is -0.738. The second-order valence-electron chi connectivity index (χ2n) is 5.87. The molecule has 0 saturated heterocycles. The first kappa shape index (κ1) is 17.5. The van der Waals surface area contributed by atoms with Gasteiger partial charge in [-0.3, -0.25) is 14.8 Å². The zero-order valence-electron chi connectivity index (χ0n) is 14.6. The molecule has 26 heavy (non-hydrogen) atoms. The summed E-state index contributed by atoms with van der Waals surface area (Å²) in [4.78, 5) is 35.2. The van der Waals surface area contributed by atoms with Gasteiger partial charge in [0.15, 0.2) is 0 Å². The predicted molar refractivity (Wildman–Crippen MR) is 97.3 cm³/mol. The highest BCUT2D eigenvalue weighted by atomic mass is 16.5. The van der Waals surface area contributed by atoms with Crippen LogP contribution in [0.25, 0.3) is 10.9 Å². The van der Waals surface area contributed by atoms with Crippen LogP contribution in [0.3, 0.4) is 0 Å². The lowest BCUT2D eigenvalue weighted by molar-refractivity contribution is -0.145. The van der Waals surface area contributed by atoms with E-state index in [2.05, 4.69) is 9.97 Å². The molecule has 0 spiro atoms. The lowest BCUT2D eigenvalue weighted by Crippen LogP contribution is -2.43. The third-order valence-corrected chi connectivity index (χ3v) is 4.24. The number of carbonyl (C=O) groups excluding carboxylic acids is 2. The summed E-state index contributed by atoms with van der Waals surface area (Å²) in [6, 6.07) is 12.2. The molecule has 2 aromatic heterocycles. The minimum absolute atomic E-state index is 0.271. The van der Waals surface area contributed by atoms with Crippen LogP contribution in [0.15, 0.2) is 61.1 Å². The Bertz CT molecular complexity index is 922. The van der Waals surface area contributed by atoms with Crippen LogP contribution in [-0.2, 0) is 16.1 Å². The molecule has 0 N–H and O–H groups in total. The summed E-state index contributed by atoms with van der Waals surface area (Å²) in [6.07, 6.45) is 4.82. The van der Waals surface area contributed by atoms with Crippen molar-refractivity contribution in [3.63, 3.8) is 0 Å². The molecule has 0 radical (unpaired) electrons. The average Bonchev–Trinajstić information content (AvgIpc) is 2.70. The van der Waals surface area contributed by atoms with Gasteiger partial charge >= 0.3 is 5.97 Å². The third kappa shape index (κ3) is 3.54. The van der Waals surface area contributed by atoms with E-state index in [4.69, 9.17) is 4.74 Å². The van der Waals surface area contributed by atoms with Crippen molar-refractivity contribution in [2.45, 2.75) is 19.5 Å². The Balaban J connectivity index is 2.02. The van der Waals surface area contributed by atoms with E-state index in [0.717, 1.165) is 5.56 Å². The summed E-state index contributed by atoms with van der Waals surface area (Å²) < 4.78 is 4.85. The van der Waals surface area contributed by atoms with Gasteiger partial charge < -0.3 is 9.64 Å². The number of amides is 1. The van der Waals surface area contributed by atoms with Gasteiger partial charge in [-0.1, -0.05) is 30.3 Å². The quantitative estimate of drug-likeness (QED) is 0.662. The van der Waals surface area contributed by atoms with Crippen molar-refractivity contribution in [1.29, 1.82) is 0 Å². The number of carbonyl (C=O) groups is 2. The zero-order valence-corrected chi connectivity index (χ0v) is 14.6. The largest absolute Gasteiger partial charge is 0.467 e. The summed E-state index contributed by atoms with van der Waals surface area (Å²) in [5.41, 5.74) is 2.05. The second-order valence-corrected chi connectivity index (χ2v) is 5.87. The van der Waals surface area contributed by atoms with E-state index in [1.165, 1.54) is 12.0 Å². The van der Waals surface area contributed by atoms with Gasteiger partial charge in [0.1, 0.15) is 6.04 Å². The van der Waals surface area contributed by atoms with Gasteiger partial charge in [0.2, 0.25) is 0 Å². The highest BCUT2D eigenvalue weighted by Gasteiger charge is 2.28. The normalized spacial score (nSPS) is 11.8. The molecule has 0 bridgehead atoms. The molecule has 2 heterocycles. The summed E-state index contributed by atoms with van der Waals surface area (Å²) in [6.45, 7) is 1.95. The monoisotopic (exact) mass is 349 g/mol. The molecule has 0 aliphatic carbocycles. The number of nitrogens with zero attached hydrogens (tertiary/aromatic N) is 3. The van der Waals surface area contributed by atoms with Crippen LogP contribution in [0.2, 0.25) is 0 Å². The minimum Gasteiger partial charge on any atom is -0.467 e. The molecule has 3 aromatic rings. The minimum atomic E-state index is -0.729. The van der Waals surface area contributed by atoms with Crippen molar-refractivity contribution in [1.82, 2.24) is 14.9 Å². The van der Waals surface area contributed by atoms with E-state index >= 15 is 0 Å². The maximum Gasteiger partial charge on any atom is 0.328 e. The molecule has 132 valence electrons. The van der Waals surface area contributed by atoms with E-state index in [9.17, 15) is 9.59 Å². The number of hydrogen-bond acceptors (Lipinski definition) is 5. The SMILES string of the molecule is COC(=O)[C@@H](C)N(Cc1ccccc1)C(=O)c1ccnc2ccncc12. The van der Waals surface area contributed by atoms with Crippen molar-refractivity contribution in [3.05, 3.63) is 72.2 Å². The number of fused-ring (bicyclic) bond motifs is 1. The number of benzene rings is 1. The molecule has 0 unspecified atom stereocenters. The van der Waals surface area contributed by atoms with Crippen molar-refractivity contribution in [2.75, 3.05) is 7.11 Å². The summed E-state index contributed by atoms with van der Waals surface area (Å²) in [7, 11) is 1.32. The van der Waals surface area contributed by atoms with Crippen LogP contribution in [0.5, 0.6) is 0 Å². The van der Waals surface area contributed by atoms with Gasteiger partial charge in [-0.25, -0.2) is 4.79 Å². The lowest BCUT2D eigenvalue weighted by atomic mass is 10.1. The Morgan fingerprint density at radius 1 is 1.12 bits per heavy atom. The van der Waals surface area contributed by atoms with E-state index in [1.54, 1.807) is 37.6 Å². The van der Waals surface area contributed by atoms with Crippen LogP contribution >= 0.6 is 0 Å². The third-order valence-electron chi connectivity index (χ3n) is 4.24. The van der Waals surface area contributed by atoms with Crippen LogP contribution in [0.4, 0.5) is 0 Å². The average molecular weight is 349 g/mol. The Morgan fingerprint density at radius 3 is 2.62 bits per heavy atom. The first-order chi connectivity index (χ1) is 12.6. The summed E-state index contributed by atoms with van der Waals surface area (Å²) in [5, 5.41) is 0.648. The van der Waals surface area contributed by atoms with Gasteiger partial charge in [0, 0.05) is 30.5 Å². The molecule has 1 aromatic carbocycles. The Labute approximate surface area is 151 Å². The van der Waals surface area contributed by atoms with Crippen molar-refractivity contribution >= 4 is 22.8 Å². The van der Waals surface area contributed by atoms with Crippen molar-refractivity contribution in [2.24, 2.45) is 0 Å². The summed E-state index contributed by atoms with van der Waals surface area (Å²) >= 11 is 0.